The summed E-state index contributed by atoms with van der Waals surface area (Å²) in [6, 6.07) is 5.99. The Morgan fingerprint density at radius 3 is 2.47 bits per heavy atom. The van der Waals surface area contributed by atoms with Crippen molar-refractivity contribution in [3.63, 3.8) is 0 Å². The van der Waals surface area contributed by atoms with Gasteiger partial charge < -0.3 is 10.5 Å². The van der Waals surface area contributed by atoms with E-state index in [1.165, 1.54) is 18.2 Å². The Morgan fingerprint density at radius 2 is 1.79 bits per heavy atom. The van der Waals surface area contributed by atoms with E-state index in [1.807, 2.05) is 0 Å². The lowest BCUT2D eigenvalue weighted by Crippen LogP contribution is -1.98. The molecule has 0 atom stereocenters. The zero-order valence-electron chi connectivity index (χ0n) is 9.59. The van der Waals surface area contributed by atoms with Crippen LogP contribution in [0.5, 0.6) is 11.5 Å². The quantitative estimate of drug-likeness (QED) is 0.859. The van der Waals surface area contributed by atoms with Crippen LogP contribution < -0.4 is 10.5 Å². The number of ether oxygens (including phenoxy) is 1. The van der Waals surface area contributed by atoms with E-state index in [-0.39, 0.29) is 18.0 Å². The van der Waals surface area contributed by atoms with Crippen molar-refractivity contribution in [3.05, 3.63) is 57.8 Å². The first-order valence-electron chi connectivity index (χ1n) is 5.31. The maximum absolute atomic E-state index is 13.5. The van der Waals surface area contributed by atoms with Gasteiger partial charge in [0.1, 0.15) is 11.6 Å². The molecule has 2 aromatic rings. The van der Waals surface area contributed by atoms with E-state index in [1.54, 1.807) is 0 Å². The molecule has 6 heteroatoms. The highest BCUT2D eigenvalue weighted by atomic mass is 79.9. The minimum atomic E-state index is -1.14. The second kappa shape index (κ2) is 5.63. The van der Waals surface area contributed by atoms with Crippen LogP contribution in [-0.4, -0.2) is 0 Å². The van der Waals surface area contributed by atoms with Gasteiger partial charge in [0.25, 0.3) is 0 Å². The van der Waals surface area contributed by atoms with Crippen molar-refractivity contribution in [3.8, 4) is 11.5 Å². The first-order chi connectivity index (χ1) is 8.99. The van der Waals surface area contributed by atoms with E-state index >= 15 is 0 Å². The van der Waals surface area contributed by atoms with E-state index in [9.17, 15) is 13.2 Å². The van der Waals surface area contributed by atoms with Gasteiger partial charge in [-0.1, -0.05) is 15.9 Å². The minimum absolute atomic E-state index is 0.0526. The molecule has 0 aliphatic heterocycles. The zero-order valence-corrected chi connectivity index (χ0v) is 11.2. The first kappa shape index (κ1) is 13.9. The van der Waals surface area contributed by atoms with Crippen LogP contribution in [0.2, 0.25) is 0 Å². The predicted molar refractivity (Wildman–Crippen MR) is 68.4 cm³/mol. The molecule has 0 amide bonds. The van der Waals surface area contributed by atoms with Crippen molar-refractivity contribution < 1.29 is 17.9 Å². The minimum Gasteiger partial charge on any atom is -0.454 e. The van der Waals surface area contributed by atoms with Crippen molar-refractivity contribution in [1.29, 1.82) is 0 Å². The van der Waals surface area contributed by atoms with Gasteiger partial charge in [-0.15, -0.1) is 0 Å². The number of hydrogen-bond donors (Lipinski definition) is 1. The second-order valence-corrected chi connectivity index (χ2v) is 4.72. The van der Waals surface area contributed by atoms with Crippen molar-refractivity contribution >= 4 is 15.9 Å². The molecule has 2 aromatic carbocycles. The lowest BCUT2D eigenvalue weighted by Gasteiger charge is -2.09. The SMILES string of the molecule is NCc1cc(F)cc(Oc2cc(Br)cc(F)c2F)c1. The lowest BCUT2D eigenvalue weighted by molar-refractivity contribution is 0.413. The van der Waals surface area contributed by atoms with Gasteiger partial charge in [-0.3, -0.25) is 0 Å². The summed E-state index contributed by atoms with van der Waals surface area (Å²) in [4.78, 5) is 0. The highest BCUT2D eigenvalue weighted by molar-refractivity contribution is 9.10. The fraction of sp³-hybridized carbons (Fsp3) is 0.0769. The molecule has 0 unspecified atom stereocenters. The smallest absolute Gasteiger partial charge is 0.201 e. The third kappa shape index (κ3) is 3.27. The maximum atomic E-state index is 13.5. The van der Waals surface area contributed by atoms with Gasteiger partial charge in [0, 0.05) is 17.1 Å². The molecule has 0 fully saturated rings. The summed E-state index contributed by atoms with van der Waals surface area (Å²) in [5, 5.41) is 0. The third-order valence-electron chi connectivity index (χ3n) is 2.35. The summed E-state index contributed by atoms with van der Waals surface area (Å²) in [6.07, 6.45) is 0. The Bertz CT molecular complexity index is 619. The highest BCUT2D eigenvalue weighted by Gasteiger charge is 2.13. The molecule has 0 saturated heterocycles. The number of nitrogens with two attached hydrogens (primary N) is 1. The monoisotopic (exact) mass is 331 g/mol. The second-order valence-electron chi connectivity index (χ2n) is 3.80. The standard InChI is InChI=1S/C13H9BrF3NO/c14-8-3-11(16)13(17)12(4-8)19-10-2-7(6-18)1-9(15)5-10/h1-5H,6,18H2. The van der Waals surface area contributed by atoms with Gasteiger partial charge in [0.2, 0.25) is 5.82 Å². The summed E-state index contributed by atoms with van der Waals surface area (Å²) < 4.78 is 45.4. The molecule has 0 radical (unpaired) electrons. The fourth-order valence-electron chi connectivity index (χ4n) is 1.53. The maximum Gasteiger partial charge on any atom is 0.201 e. The normalized spacial score (nSPS) is 10.6. The molecule has 0 aliphatic carbocycles. The van der Waals surface area contributed by atoms with Gasteiger partial charge in [0.15, 0.2) is 11.6 Å². The molecule has 0 bridgehead atoms. The largest absolute Gasteiger partial charge is 0.454 e. The van der Waals surface area contributed by atoms with Crippen LogP contribution in [0.15, 0.2) is 34.8 Å². The summed E-state index contributed by atoms with van der Waals surface area (Å²) >= 11 is 3.02. The lowest BCUT2D eigenvalue weighted by atomic mass is 10.2. The van der Waals surface area contributed by atoms with Crippen LogP contribution in [0.25, 0.3) is 0 Å². The molecular weight excluding hydrogens is 323 g/mol. The van der Waals surface area contributed by atoms with Gasteiger partial charge in [-0.25, -0.2) is 8.78 Å². The van der Waals surface area contributed by atoms with Crippen LogP contribution in [0, 0.1) is 17.5 Å². The Kier molecular flexibility index (Phi) is 4.11. The summed E-state index contributed by atoms with van der Waals surface area (Å²) in [5.74, 6) is -3.03. The number of hydrogen-bond acceptors (Lipinski definition) is 2. The molecule has 0 saturated carbocycles. The van der Waals surface area contributed by atoms with Crippen LogP contribution in [0.1, 0.15) is 5.56 Å². The Hall–Kier alpha value is -1.53. The Morgan fingerprint density at radius 1 is 1.05 bits per heavy atom. The molecule has 19 heavy (non-hydrogen) atoms. The number of rotatable bonds is 3. The van der Waals surface area contributed by atoms with Crippen molar-refractivity contribution in [2.24, 2.45) is 5.73 Å². The molecule has 0 aromatic heterocycles. The topological polar surface area (TPSA) is 35.2 Å². The molecular formula is C13H9BrF3NO. The van der Waals surface area contributed by atoms with E-state index < -0.39 is 17.5 Å². The van der Waals surface area contributed by atoms with Crippen LogP contribution in [-0.2, 0) is 6.54 Å². The Labute approximate surface area is 116 Å². The van der Waals surface area contributed by atoms with Crippen molar-refractivity contribution in [2.45, 2.75) is 6.54 Å². The fourth-order valence-corrected chi connectivity index (χ4v) is 1.94. The van der Waals surface area contributed by atoms with Crippen LogP contribution in [0.3, 0.4) is 0 Å². The molecule has 0 spiro atoms. The third-order valence-corrected chi connectivity index (χ3v) is 2.81. The Balaban J connectivity index is 2.38. The first-order valence-corrected chi connectivity index (χ1v) is 6.11. The molecule has 2 rings (SSSR count). The summed E-state index contributed by atoms with van der Waals surface area (Å²) in [7, 11) is 0. The van der Waals surface area contributed by atoms with E-state index in [4.69, 9.17) is 10.5 Å². The van der Waals surface area contributed by atoms with Gasteiger partial charge in [-0.2, -0.15) is 4.39 Å². The van der Waals surface area contributed by atoms with Gasteiger partial charge >= 0.3 is 0 Å². The van der Waals surface area contributed by atoms with E-state index in [2.05, 4.69) is 15.9 Å². The van der Waals surface area contributed by atoms with Gasteiger partial charge in [0.05, 0.1) is 0 Å². The number of halogens is 4. The average Bonchev–Trinajstić information content (AvgIpc) is 2.34. The number of benzene rings is 2. The molecule has 2 nitrogen and oxygen atoms in total. The van der Waals surface area contributed by atoms with Crippen LogP contribution in [0.4, 0.5) is 13.2 Å². The summed E-state index contributed by atoms with van der Waals surface area (Å²) in [5.41, 5.74) is 5.89. The molecule has 2 N–H and O–H groups in total. The molecule has 0 heterocycles. The zero-order chi connectivity index (χ0) is 14.0. The summed E-state index contributed by atoms with van der Waals surface area (Å²) in [6.45, 7) is 0.115. The highest BCUT2D eigenvalue weighted by Crippen LogP contribution is 2.30. The van der Waals surface area contributed by atoms with E-state index in [0.717, 1.165) is 12.1 Å². The average molecular weight is 332 g/mol. The van der Waals surface area contributed by atoms with Crippen molar-refractivity contribution in [2.75, 3.05) is 0 Å². The van der Waals surface area contributed by atoms with Crippen LogP contribution >= 0.6 is 15.9 Å². The van der Waals surface area contributed by atoms with E-state index in [0.29, 0.717) is 10.0 Å². The van der Waals surface area contributed by atoms with Gasteiger partial charge in [-0.05, 0) is 29.8 Å². The predicted octanol–water partition coefficient (Wildman–Crippen LogP) is 4.12. The molecule has 100 valence electrons. The van der Waals surface area contributed by atoms with Crippen molar-refractivity contribution in [1.82, 2.24) is 0 Å². The molecule has 0 aliphatic rings.